The van der Waals surface area contributed by atoms with Gasteiger partial charge in [-0.05, 0) is 43.0 Å². The van der Waals surface area contributed by atoms with Gasteiger partial charge in [0.1, 0.15) is 11.7 Å². The highest BCUT2D eigenvalue weighted by Gasteiger charge is 2.34. The molecule has 1 aromatic rings. The summed E-state index contributed by atoms with van der Waals surface area (Å²) in [6.07, 6.45) is 4.07. The number of rotatable bonds is 5. The number of amides is 3. The van der Waals surface area contributed by atoms with Gasteiger partial charge in [-0.2, -0.15) is 0 Å². The molecule has 0 saturated carbocycles. The molecule has 0 aliphatic carbocycles. The van der Waals surface area contributed by atoms with Gasteiger partial charge in [0.2, 0.25) is 5.91 Å². The summed E-state index contributed by atoms with van der Waals surface area (Å²) in [7, 11) is 4.58. The number of hydroxylamine groups is 2. The summed E-state index contributed by atoms with van der Waals surface area (Å²) in [5.74, 6) is -0.0519. The molecule has 2 rings (SSSR count). The Balaban J connectivity index is 0.000000336. The van der Waals surface area contributed by atoms with Gasteiger partial charge in [-0.3, -0.25) is 19.9 Å². The largest absolute Gasteiger partial charge is 0.341 e. The predicted molar refractivity (Wildman–Crippen MR) is 106 cm³/mol. The molecule has 0 radical (unpaired) electrons. The van der Waals surface area contributed by atoms with Crippen LogP contribution >= 0.6 is 0 Å². The highest BCUT2D eigenvalue weighted by atomic mass is 19.1. The minimum Gasteiger partial charge on any atom is -0.341 e. The van der Waals surface area contributed by atoms with E-state index in [0.29, 0.717) is 25.7 Å². The molecule has 0 bridgehead atoms. The fourth-order valence-corrected chi connectivity index (χ4v) is 2.85. The van der Waals surface area contributed by atoms with Crippen LogP contribution in [-0.4, -0.2) is 48.9 Å². The summed E-state index contributed by atoms with van der Waals surface area (Å²) in [5, 5.41) is 11.5. The molecule has 2 N–H and O–H groups in total. The van der Waals surface area contributed by atoms with E-state index in [1.807, 2.05) is 13.0 Å². The molecule has 1 aromatic carbocycles. The monoisotopic (exact) mass is 392 g/mol. The Morgan fingerprint density at radius 1 is 1.46 bits per heavy atom. The molecule has 1 unspecified atom stereocenters. The van der Waals surface area contributed by atoms with Crippen molar-refractivity contribution >= 4 is 17.8 Å². The first-order valence-electron chi connectivity index (χ1n) is 9.02. The molecule has 28 heavy (non-hydrogen) atoms. The fourth-order valence-electron chi connectivity index (χ4n) is 2.85. The van der Waals surface area contributed by atoms with Crippen LogP contribution in [0, 0.1) is 18.2 Å². The number of halogens is 1. The normalized spacial score (nSPS) is 15.5. The average molecular weight is 392 g/mol. The molecule has 0 spiro atoms. The van der Waals surface area contributed by atoms with Crippen LogP contribution in [0.25, 0.3) is 0 Å². The van der Waals surface area contributed by atoms with E-state index in [4.69, 9.17) is 5.41 Å². The number of carbonyl (C=O) groups excluding carboxylic acids is 2. The number of nitrogens with zero attached hydrogens (tertiary/aromatic N) is 2. The van der Waals surface area contributed by atoms with Crippen LogP contribution in [0.3, 0.4) is 0 Å². The van der Waals surface area contributed by atoms with Crippen LogP contribution in [0.2, 0.25) is 0 Å². The van der Waals surface area contributed by atoms with Crippen molar-refractivity contribution in [3.63, 3.8) is 0 Å². The Bertz CT molecular complexity index is 703. The summed E-state index contributed by atoms with van der Waals surface area (Å²) in [6, 6.07) is 4.19. The third-order valence-corrected chi connectivity index (χ3v) is 4.33. The van der Waals surface area contributed by atoms with E-state index in [2.05, 4.69) is 16.7 Å². The first-order valence-corrected chi connectivity index (χ1v) is 9.02. The number of urea groups is 1. The van der Waals surface area contributed by atoms with Crippen LogP contribution in [0.4, 0.5) is 9.18 Å². The average Bonchev–Trinajstić information content (AvgIpc) is 3.06. The smallest absolute Gasteiger partial charge is 0.323 e. The molecule has 8 heteroatoms. The summed E-state index contributed by atoms with van der Waals surface area (Å²) in [5.41, 5.74) is 1.57. The van der Waals surface area contributed by atoms with Gasteiger partial charge in [0, 0.05) is 26.9 Å². The Morgan fingerprint density at radius 2 is 2.14 bits per heavy atom. The predicted octanol–water partition coefficient (Wildman–Crippen LogP) is 3.56. The van der Waals surface area contributed by atoms with Crippen LogP contribution in [-0.2, 0) is 9.63 Å². The minimum atomic E-state index is -0.315. The van der Waals surface area contributed by atoms with E-state index in [0.717, 1.165) is 11.1 Å². The van der Waals surface area contributed by atoms with Crippen molar-refractivity contribution in [1.29, 1.82) is 5.41 Å². The molecule has 1 aliphatic heterocycles. The lowest BCUT2D eigenvalue weighted by Gasteiger charge is -2.24. The molecule has 1 fully saturated rings. The van der Waals surface area contributed by atoms with Crippen molar-refractivity contribution in [1.82, 2.24) is 15.3 Å². The summed E-state index contributed by atoms with van der Waals surface area (Å²) >= 11 is 0. The first kappa shape index (κ1) is 23.3. The number of hydrogen-bond acceptors (Lipinski definition) is 4. The number of hydrogen-bond donors (Lipinski definition) is 2. The zero-order chi connectivity index (χ0) is 21.3. The molecule has 154 valence electrons. The van der Waals surface area contributed by atoms with Gasteiger partial charge in [-0.15, -0.1) is 6.58 Å². The maximum Gasteiger partial charge on any atom is 0.323 e. The molecule has 1 heterocycles. The van der Waals surface area contributed by atoms with Gasteiger partial charge in [0.15, 0.2) is 0 Å². The van der Waals surface area contributed by atoms with E-state index in [1.165, 1.54) is 36.3 Å². The number of aryl methyl sites for hydroxylation is 1. The van der Waals surface area contributed by atoms with Gasteiger partial charge in [0.25, 0.3) is 0 Å². The van der Waals surface area contributed by atoms with Gasteiger partial charge >= 0.3 is 6.03 Å². The van der Waals surface area contributed by atoms with Crippen molar-refractivity contribution < 1.29 is 18.8 Å². The number of allylic oxidation sites excluding steroid dienone is 1. The summed E-state index contributed by atoms with van der Waals surface area (Å²) in [4.78, 5) is 28.7. The second kappa shape index (κ2) is 11.2. The fraction of sp³-hybridized carbons (Fsp3) is 0.450. The Kier molecular flexibility index (Phi) is 9.31. The zero-order valence-electron chi connectivity index (χ0n) is 16.9. The third-order valence-electron chi connectivity index (χ3n) is 4.33. The molecule has 0 aromatic heterocycles. The maximum atomic E-state index is 13.4. The lowest BCUT2D eigenvalue weighted by atomic mass is 10.0. The quantitative estimate of drug-likeness (QED) is 0.593. The highest BCUT2D eigenvalue weighted by Crippen LogP contribution is 2.33. The second-order valence-electron chi connectivity index (χ2n) is 6.39. The number of nitrogens with one attached hydrogen (secondary N) is 2. The molecular weight excluding hydrogens is 363 g/mol. The van der Waals surface area contributed by atoms with Gasteiger partial charge in [-0.1, -0.05) is 12.1 Å². The van der Waals surface area contributed by atoms with E-state index in [-0.39, 0.29) is 29.6 Å². The summed E-state index contributed by atoms with van der Waals surface area (Å²) < 4.78 is 13.4. The highest BCUT2D eigenvalue weighted by molar-refractivity contribution is 5.97. The van der Waals surface area contributed by atoms with Crippen molar-refractivity contribution in [2.24, 2.45) is 0 Å². The van der Waals surface area contributed by atoms with Crippen LogP contribution in [0.5, 0.6) is 0 Å². The van der Waals surface area contributed by atoms with Crippen LogP contribution < -0.4 is 5.32 Å². The number of likely N-dealkylation sites (tertiary alicyclic amines) is 1. The molecule has 7 nitrogen and oxygen atoms in total. The van der Waals surface area contributed by atoms with Crippen molar-refractivity contribution in [3.8, 4) is 0 Å². The van der Waals surface area contributed by atoms with Crippen molar-refractivity contribution in [3.05, 3.63) is 47.8 Å². The van der Waals surface area contributed by atoms with E-state index in [1.54, 1.807) is 13.1 Å². The lowest BCUT2D eigenvalue weighted by molar-refractivity contribution is -0.168. The Morgan fingerprint density at radius 3 is 2.68 bits per heavy atom. The topological polar surface area (TPSA) is 85.7 Å². The second-order valence-corrected chi connectivity index (χ2v) is 6.39. The summed E-state index contributed by atoms with van der Waals surface area (Å²) in [6.45, 7) is 5.32. The number of benzene rings is 1. The van der Waals surface area contributed by atoms with Gasteiger partial charge in [0.05, 0.1) is 13.2 Å². The molecular formula is C20H29FN4O3. The van der Waals surface area contributed by atoms with Crippen LogP contribution in [0.1, 0.15) is 42.9 Å². The maximum absolute atomic E-state index is 13.4. The molecule has 3 amide bonds. The Hall–Kier alpha value is -2.74. The van der Waals surface area contributed by atoms with Crippen LogP contribution in [0.15, 0.2) is 30.9 Å². The lowest BCUT2D eigenvalue weighted by Crippen LogP contribution is -2.40. The Labute approximate surface area is 165 Å². The van der Waals surface area contributed by atoms with Gasteiger partial charge in [-0.25, -0.2) is 14.2 Å². The van der Waals surface area contributed by atoms with E-state index >= 15 is 0 Å². The van der Waals surface area contributed by atoms with Crippen molar-refractivity contribution in [2.75, 3.05) is 21.2 Å². The molecule has 1 saturated heterocycles. The zero-order valence-corrected chi connectivity index (χ0v) is 16.9. The molecule has 1 aliphatic rings. The first-order chi connectivity index (χ1) is 13.2. The molecule has 1 atom stereocenters. The van der Waals surface area contributed by atoms with Crippen molar-refractivity contribution in [2.45, 2.75) is 38.6 Å². The standard InChI is InChI=1S/C13H16FN3O.C7H13NO2/c1-8-5-9(7-10(14)6-8)11-3-4-12(15)17(11)13(18)16-2;1-4-5-6-7(9)8(2)10-3/h5-7,11,15H,3-4H2,1-2H3,(H,16,18);4H,1,5-6H2,2-3H3. The third kappa shape index (κ3) is 6.45. The van der Waals surface area contributed by atoms with E-state index in [9.17, 15) is 14.0 Å². The SMILES string of the molecule is C=CCCC(=O)N(C)OC.CNC(=O)N1C(=N)CCC1c1cc(C)cc(F)c1. The number of amidine groups is 1. The number of carbonyl (C=O) groups is 2. The van der Waals surface area contributed by atoms with Gasteiger partial charge < -0.3 is 5.32 Å². The minimum absolute atomic E-state index is 0.0256. The van der Waals surface area contributed by atoms with E-state index < -0.39 is 0 Å².